The maximum Gasteiger partial charge on any atom is 0.573 e. The van der Waals surface area contributed by atoms with Gasteiger partial charge in [-0.15, -0.1) is 13.2 Å². The van der Waals surface area contributed by atoms with Gasteiger partial charge in [0.2, 0.25) is 0 Å². The fourth-order valence-corrected chi connectivity index (χ4v) is 3.22. The number of alkyl carbamates (subject to hydrolysis) is 1. The van der Waals surface area contributed by atoms with Crippen molar-refractivity contribution in [1.29, 1.82) is 0 Å². The molecule has 0 saturated heterocycles. The van der Waals surface area contributed by atoms with Crippen LogP contribution in [0.25, 0.3) is 22.2 Å². The monoisotopic (exact) mass is 449 g/mol. The number of ether oxygens (including phenoxy) is 2. The topological polar surface area (TPSA) is 65.4 Å². The van der Waals surface area contributed by atoms with E-state index in [9.17, 15) is 18.0 Å². The molecule has 0 aliphatic carbocycles. The van der Waals surface area contributed by atoms with E-state index in [1.54, 1.807) is 32.9 Å². The van der Waals surface area contributed by atoms with Gasteiger partial charge in [-0.25, -0.2) is 4.79 Å². The predicted octanol–water partition coefficient (Wildman–Crippen LogP) is 5.83. The Hall–Kier alpha value is -3.23. The molecule has 1 N–H and O–H groups in total. The highest BCUT2D eigenvalue weighted by Gasteiger charge is 2.31. The molecular formula is C23H26F3N3O3. The lowest BCUT2D eigenvalue weighted by Crippen LogP contribution is -2.33. The highest BCUT2D eigenvalue weighted by atomic mass is 19.4. The second kappa shape index (κ2) is 9.10. The minimum atomic E-state index is -4.74. The molecule has 0 aliphatic rings. The number of carbonyl (C=O) groups excluding carboxylic acids is 1. The van der Waals surface area contributed by atoms with Gasteiger partial charge in [0.25, 0.3) is 0 Å². The Morgan fingerprint density at radius 1 is 1.09 bits per heavy atom. The predicted molar refractivity (Wildman–Crippen MR) is 115 cm³/mol. The van der Waals surface area contributed by atoms with E-state index in [0.717, 1.165) is 16.5 Å². The van der Waals surface area contributed by atoms with E-state index in [2.05, 4.69) is 10.1 Å². The number of amides is 1. The summed E-state index contributed by atoms with van der Waals surface area (Å²) in [5.74, 6) is -0.283. The van der Waals surface area contributed by atoms with Gasteiger partial charge in [-0.1, -0.05) is 11.6 Å². The maximum absolute atomic E-state index is 12.4. The molecule has 9 heteroatoms. The Kier molecular flexibility index (Phi) is 6.66. The van der Waals surface area contributed by atoms with Crippen molar-refractivity contribution in [3.63, 3.8) is 0 Å². The number of halogens is 3. The number of fused-ring (bicyclic) bond motifs is 1. The lowest BCUT2D eigenvalue weighted by atomic mass is 10.1. The van der Waals surface area contributed by atoms with Gasteiger partial charge >= 0.3 is 12.5 Å². The van der Waals surface area contributed by atoms with Gasteiger partial charge in [0.05, 0.1) is 5.52 Å². The molecule has 0 saturated carbocycles. The summed E-state index contributed by atoms with van der Waals surface area (Å²) >= 11 is 0. The molecule has 0 unspecified atom stereocenters. The summed E-state index contributed by atoms with van der Waals surface area (Å²) < 4.78 is 48.3. The molecule has 3 rings (SSSR count). The number of nitrogens with zero attached hydrogens (tertiary/aromatic N) is 2. The summed E-state index contributed by atoms with van der Waals surface area (Å²) in [6, 6.07) is 11.6. The number of carbonyl (C=O) groups is 1. The number of alkyl halides is 3. The minimum Gasteiger partial charge on any atom is -0.444 e. The largest absolute Gasteiger partial charge is 0.573 e. The van der Waals surface area contributed by atoms with Gasteiger partial charge in [-0.05, 0) is 70.5 Å². The van der Waals surface area contributed by atoms with Crippen molar-refractivity contribution >= 4 is 17.0 Å². The SMILES string of the molecule is Cc1ccc2c(c1)c(-c1ccc(OC(F)(F)F)cc1)nn2CCCNC(=O)OC(C)(C)C. The molecule has 32 heavy (non-hydrogen) atoms. The quantitative estimate of drug-likeness (QED) is 0.481. The van der Waals surface area contributed by atoms with Gasteiger partial charge < -0.3 is 14.8 Å². The number of benzene rings is 2. The van der Waals surface area contributed by atoms with E-state index < -0.39 is 18.1 Å². The lowest BCUT2D eigenvalue weighted by molar-refractivity contribution is -0.274. The van der Waals surface area contributed by atoms with E-state index >= 15 is 0 Å². The van der Waals surface area contributed by atoms with Crippen LogP contribution in [0.15, 0.2) is 42.5 Å². The Labute approximate surface area is 184 Å². The normalized spacial score (nSPS) is 12.1. The molecule has 0 fully saturated rings. The zero-order valence-electron chi connectivity index (χ0n) is 18.4. The molecule has 0 bridgehead atoms. The van der Waals surface area contributed by atoms with Crippen LogP contribution in [-0.2, 0) is 11.3 Å². The number of aromatic nitrogens is 2. The van der Waals surface area contributed by atoms with Crippen LogP contribution in [0.3, 0.4) is 0 Å². The Morgan fingerprint density at radius 3 is 2.41 bits per heavy atom. The van der Waals surface area contributed by atoms with E-state index in [4.69, 9.17) is 9.84 Å². The fraction of sp³-hybridized carbons (Fsp3) is 0.391. The standard InChI is InChI=1S/C23H26F3N3O3/c1-15-6-11-19-18(14-15)20(16-7-9-17(10-8-16)31-23(24,25)26)28-29(19)13-5-12-27-21(30)32-22(2,3)4/h6-11,14H,5,12-13H2,1-4H3,(H,27,30). The summed E-state index contributed by atoms with van der Waals surface area (Å²) in [6.45, 7) is 8.33. The minimum absolute atomic E-state index is 0.283. The smallest absolute Gasteiger partial charge is 0.444 e. The highest BCUT2D eigenvalue weighted by Crippen LogP contribution is 2.31. The van der Waals surface area contributed by atoms with Crippen molar-refractivity contribution in [3.8, 4) is 17.0 Å². The van der Waals surface area contributed by atoms with Gasteiger partial charge in [-0.2, -0.15) is 5.10 Å². The molecule has 1 amide bonds. The van der Waals surface area contributed by atoms with E-state index in [1.807, 2.05) is 29.8 Å². The van der Waals surface area contributed by atoms with Gasteiger partial charge in [0, 0.05) is 24.0 Å². The number of hydrogen-bond donors (Lipinski definition) is 1. The molecule has 172 valence electrons. The van der Waals surface area contributed by atoms with Crippen LogP contribution in [-0.4, -0.2) is 34.4 Å². The Balaban J connectivity index is 1.76. The fourth-order valence-electron chi connectivity index (χ4n) is 3.22. The van der Waals surface area contributed by atoms with Crippen LogP contribution < -0.4 is 10.1 Å². The number of hydrogen-bond acceptors (Lipinski definition) is 4. The van der Waals surface area contributed by atoms with Crippen LogP contribution >= 0.6 is 0 Å². The molecular weight excluding hydrogens is 423 g/mol. The number of aryl methyl sites for hydroxylation is 2. The second-order valence-electron chi connectivity index (χ2n) is 8.45. The molecule has 2 aromatic carbocycles. The number of rotatable bonds is 6. The highest BCUT2D eigenvalue weighted by molar-refractivity contribution is 5.93. The van der Waals surface area contributed by atoms with Crippen molar-refractivity contribution in [1.82, 2.24) is 15.1 Å². The van der Waals surface area contributed by atoms with Crippen LogP contribution in [0.1, 0.15) is 32.8 Å². The zero-order valence-corrected chi connectivity index (χ0v) is 18.4. The van der Waals surface area contributed by atoms with Crippen molar-refractivity contribution in [3.05, 3.63) is 48.0 Å². The van der Waals surface area contributed by atoms with Gasteiger partial charge in [0.15, 0.2) is 0 Å². The molecule has 6 nitrogen and oxygen atoms in total. The van der Waals surface area contributed by atoms with Crippen molar-refractivity contribution < 1.29 is 27.4 Å². The van der Waals surface area contributed by atoms with Gasteiger partial charge in [-0.3, -0.25) is 4.68 Å². The third-order valence-corrected chi connectivity index (χ3v) is 4.48. The average molecular weight is 449 g/mol. The third-order valence-electron chi connectivity index (χ3n) is 4.48. The molecule has 1 aromatic heterocycles. The van der Waals surface area contributed by atoms with E-state index in [1.165, 1.54) is 12.1 Å². The molecule has 0 spiro atoms. The van der Waals surface area contributed by atoms with E-state index in [-0.39, 0.29) is 5.75 Å². The first-order valence-corrected chi connectivity index (χ1v) is 10.2. The zero-order chi connectivity index (χ0) is 23.5. The van der Waals surface area contributed by atoms with Crippen LogP contribution in [0.2, 0.25) is 0 Å². The lowest BCUT2D eigenvalue weighted by Gasteiger charge is -2.19. The molecule has 0 atom stereocenters. The summed E-state index contributed by atoms with van der Waals surface area (Å²) in [7, 11) is 0. The van der Waals surface area contributed by atoms with E-state index in [0.29, 0.717) is 30.8 Å². The summed E-state index contributed by atoms with van der Waals surface area (Å²) in [4.78, 5) is 11.8. The first kappa shape index (κ1) is 23.4. The van der Waals surface area contributed by atoms with Crippen LogP contribution in [0, 0.1) is 6.92 Å². The summed E-state index contributed by atoms with van der Waals surface area (Å²) in [5.41, 5.74) is 2.74. The summed E-state index contributed by atoms with van der Waals surface area (Å²) in [6.07, 6.45) is -4.58. The average Bonchev–Trinajstić information content (AvgIpc) is 3.01. The first-order chi connectivity index (χ1) is 14.9. The van der Waals surface area contributed by atoms with Crippen molar-refractivity contribution in [2.45, 2.75) is 52.6 Å². The Bertz CT molecular complexity index is 1080. The second-order valence-corrected chi connectivity index (χ2v) is 8.45. The number of nitrogens with one attached hydrogen (secondary N) is 1. The molecule has 1 heterocycles. The molecule has 0 aliphatic heterocycles. The Morgan fingerprint density at radius 2 is 1.78 bits per heavy atom. The third kappa shape index (κ3) is 6.38. The van der Waals surface area contributed by atoms with Crippen molar-refractivity contribution in [2.75, 3.05) is 6.54 Å². The first-order valence-electron chi connectivity index (χ1n) is 10.2. The van der Waals surface area contributed by atoms with Crippen LogP contribution in [0.4, 0.5) is 18.0 Å². The van der Waals surface area contributed by atoms with Gasteiger partial charge in [0.1, 0.15) is 17.0 Å². The van der Waals surface area contributed by atoms with Crippen LogP contribution in [0.5, 0.6) is 5.75 Å². The van der Waals surface area contributed by atoms with Crippen molar-refractivity contribution in [2.24, 2.45) is 0 Å². The molecule has 3 aromatic rings. The molecule has 0 radical (unpaired) electrons. The summed E-state index contributed by atoms with van der Waals surface area (Å²) in [5, 5.41) is 8.31. The maximum atomic E-state index is 12.4.